The number of hydrogen-bond acceptors (Lipinski definition) is 1. The van der Waals surface area contributed by atoms with E-state index in [0.717, 1.165) is 29.8 Å². The van der Waals surface area contributed by atoms with Gasteiger partial charge in [-0.1, -0.05) is 40.0 Å². The summed E-state index contributed by atoms with van der Waals surface area (Å²) in [6.07, 6.45) is 11.5. The average Bonchev–Trinajstić information content (AvgIpc) is 2.77. The van der Waals surface area contributed by atoms with E-state index in [4.69, 9.17) is 0 Å². The van der Waals surface area contributed by atoms with Gasteiger partial charge in [0, 0.05) is 12.1 Å². The summed E-state index contributed by atoms with van der Waals surface area (Å²) in [4.78, 5) is 0. The van der Waals surface area contributed by atoms with Gasteiger partial charge in [-0.05, 0) is 49.9 Å². The monoisotopic (exact) mass is 237 g/mol. The van der Waals surface area contributed by atoms with E-state index in [-0.39, 0.29) is 0 Å². The average molecular weight is 237 g/mol. The Labute approximate surface area is 108 Å². The molecule has 0 heterocycles. The fourth-order valence-electron chi connectivity index (χ4n) is 4.06. The Balaban J connectivity index is 1.84. The molecule has 4 atom stereocenters. The lowest BCUT2D eigenvalue weighted by molar-refractivity contribution is 0.191. The van der Waals surface area contributed by atoms with Gasteiger partial charge in [0.05, 0.1) is 0 Å². The van der Waals surface area contributed by atoms with Crippen LogP contribution >= 0.6 is 0 Å². The van der Waals surface area contributed by atoms with Gasteiger partial charge >= 0.3 is 0 Å². The molecule has 17 heavy (non-hydrogen) atoms. The van der Waals surface area contributed by atoms with Crippen molar-refractivity contribution in [3.8, 4) is 0 Å². The molecule has 0 radical (unpaired) electrons. The van der Waals surface area contributed by atoms with Gasteiger partial charge in [0.1, 0.15) is 0 Å². The molecule has 2 saturated carbocycles. The zero-order valence-electron chi connectivity index (χ0n) is 12.0. The van der Waals surface area contributed by atoms with Crippen LogP contribution in [-0.4, -0.2) is 12.1 Å². The van der Waals surface area contributed by atoms with Crippen molar-refractivity contribution in [2.45, 2.75) is 84.2 Å². The molecule has 2 aliphatic rings. The van der Waals surface area contributed by atoms with Crippen LogP contribution in [0.25, 0.3) is 0 Å². The maximum Gasteiger partial charge on any atom is 0.0100 e. The summed E-state index contributed by atoms with van der Waals surface area (Å²) >= 11 is 0. The normalized spacial score (nSPS) is 38.8. The number of hydrogen-bond donors (Lipinski definition) is 1. The van der Waals surface area contributed by atoms with Gasteiger partial charge in [0.2, 0.25) is 0 Å². The lowest BCUT2D eigenvalue weighted by Crippen LogP contribution is -2.45. The van der Waals surface area contributed by atoms with Crippen LogP contribution in [0, 0.1) is 17.8 Å². The first-order chi connectivity index (χ1) is 8.20. The molecule has 0 aliphatic heterocycles. The van der Waals surface area contributed by atoms with E-state index in [1.54, 1.807) is 0 Å². The highest BCUT2D eigenvalue weighted by Crippen LogP contribution is 2.33. The highest BCUT2D eigenvalue weighted by atomic mass is 15.0. The zero-order chi connectivity index (χ0) is 12.3. The lowest BCUT2D eigenvalue weighted by Gasteiger charge is -2.37. The van der Waals surface area contributed by atoms with Crippen molar-refractivity contribution >= 4 is 0 Å². The molecule has 0 amide bonds. The third-order valence-electron chi connectivity index (χ3n) is 5.24. The third-order valence-corrected chi connectivity index (χ3v) is 5.24. The highest BCUT2D eigenvalue weighted by Gasteiger charge is 2.31. The maximum atomic E-state index is 4.01. The second-order valence-electron chi connectivity index (χ2n) is 6.75. The quantitative estimate of drug-likeness (QED) is 0.765. The maximum absolute atomic E-state index is 4.01. The minimum atomic E-state index is 0.823. The molecule has 2 fully saturated rings. The lowest BCUT2D eigenvalue weighted by atomic mass is 9.77. The number of rotatable bonds is 4. The van der Waals surface area contributed by atoms with Crippen molar-refractivity contribution in [3.05, 3.63) is 0 Å². The van der Waals surface area contributed by atoms with Gasteiger partial charge in [-0.25, -0.2) is 0 Å². The van der Waals surface area contributed by atoms with E-state index >= 15 is 0 Å². The fourth-order valence-corrected chi connectivity index (χ4v) is 4.06. The molecule has 0 aromatic heterocycles. The SMILES string of the molecule is CCC1CCC(NC2CCCCC2C(C)C)C1. The molecule has 2 rings (SSSR count). The summed E-state index contributed by atoms with van der Waals surface area (Å²) in [5.74, 6) is 2.80. The Morgan fingerprint density at radius 1 is 1.06 bits per heavy atom. The standard InChI is InChI=1S/C16H31N/c1-4-13-9-10-14(11-13)17-16-8-6-5-7-15(16)12(2)3/h12-17H,4-11H2,1-3H3. The molecule has 4 unspecified atom stereocenters. The summed E-state index contributed by atoms with van der Waals surface area (Å²) in [5.41, 5.74) is 0. The van der Waals surface area contributed by atoms with Crippen LogP contribution < -0.4 is 5.32 Å². The Hall–Kier alpha value is -0.0400. The predicted octanol–water partition coefficient (Wildman–Crippen LogP) is 4.37. The predicted molar refractivity (Wildman–Crippen MR) is 75.1 cm³/mol. The first kappa shape index (κ1) is 13.4. The first-order valence-electron chi connectivity index (χ1n) is 7.96. The molecular weight excluding hydrogens is 206 g/mol. The molecule has 0 saturated heterocycles. The van der Waals surface area contributed by atoms with Crippen molar-refractivity contribution in [1.82, 2.24) is 5.32 Å². The largest absolute Gasteiger partial charge is 0.311 e. The van der Waals surface area contributed by atoms with Crippen molar-refractivity contribution < 1.29 is 0 Å². The fraction of sp³-hybridized carbons (Fsp3) is 1.00. The summed E-state index contributed by atoms with van der Waals surface area (Å²) in [6, 6.07) is 1.66. The Bertz CT molecular complexity index is 224. The molecule has 0 aromatic carbocycles. The van der Waals surface area contributed by atoms with Crippen molar-refractivity contribution in [2.24, 2.45) is 17.8 Å². The van der Waals surface area contributed by atoms with E-state index in [2.05, 4.69) is 26.1 Å². The number of nitrogens with one attached hydrogen (secondary N) is 1. The van der Waals surface area contributed by atoms with E-state index in [0.29, 0.717) is 0 Å². The summed E-state index contributed by atoms with van der Waals surface area (Å²) < 4.78 is 0. The van der Waals surface area contributed by atoms with Crippen LogP contribution in [0.2, 0.25) is 0 Å². The van der Waals surface area contributed by atoms with Crippen LogP contribution in [0.15, 0.2) is 0 Å². The van der Waals surface area contributed by atoms with Gasteiger partial charge < -0.3 is 5.32 Å². The second kappa shape index (κ2) is 6.22. The minimum absolute atomic E-state index is 0.823. The Morgan fingerprint density at radius 2 is 1.82 bits per heavy atom. The van der Waals surface area contributed by atoms with Gasteiger partial charge in [-0.2, -0.15) is 0 Å². The van der Waals surface area contributed by atoms with Crippen LogP contribution in [0.1, 0.15) is 72.1 Å². The van der Waals surface area contributed by atoms with E-state index in [1.165, 1.54) is 51.4 Å². The topological polar surface area (TPSA) is 12.0 Å². The molecule has 1 N–H and O–H groups in total. The molecular formula is C16H31N. The molecule has 100 valence electrons. The van der Waals surface area contributed by atoms with Crippen molar-refractivity contribution in [1.29, 1.82) is 0 Å². The Morgan fingerprint density at radius 3 is 2.47 bits per heavy atom. The molecule has 0 bridgehead atoms. The molecule has 0 aromatic rings. The van der Waals surface area contributed by atoms with Gasteiger partial charge in [-0.15, -0.1) is 0 Å². The first-order valence-corrected chi connectivity index (χ1v) is 7.96. The van der Waals surface area contributed by atoms with Crippen LogP contribution in [0.4, 0.5) is 0 Å². The summed E-state index contributed by atoms with van der Waals surface area (Å²) in [7, 11) is 0. The van der Waals surface area contributed by atoms with Crippen LogP contribution in [0.3, 0.4) is 0 Å². The zero-order valence-corrected chi connectivity index (χ0v) is 12.0. The summed E-state index contributed by atoms with van der Waals surface area (Å²) in [5, 5.41) is 4.01. The van der Waals surface area contributed by atoms with Crippen molar-refractivity contribution in [3.63, 3.8) is 0 Å². The minimum Gasteiger partial charge on any atom is -0.311 e. The van der Waals surface area contributed by atoms with Gasteiger partial charge in [-0.3, -0.25) is 0 Å². The van der Waals surface area contributed by atoms with E-state index in [9.17, 15) is 0 Å². The van der Waals surface area contributed by atoms with E-state index < -0.39 is 0 Å². The summed E-state index contributed by atoms with van der Waals surface area (Å²) in [6.45, 7) is 7.17. The molecule has 1 heteroatoms. The van der Waals surface area contributed by atoms with Gasteiger partial charge in [0.15, 0.2) is 0 Å². The van der Waals surface area contributed by atoms with Crippen molar-refractivity contribution in [2.75, 3.05) is 0 Å². The van der Waals surface area contributed by atoms with Crippen LogP contribution in [-0.2, 0) is 0 Å². The third kappa shape index (κ3) is 3.47. The molecule has 1 nitrogen and oxygen atoms in total. The smallest absolute Gasteiger partial charge is 0.0100 e. The molecule has 0 spiro atoms. The Kier molecular flexibility index (Phi) is 4.90. The highest BCUT2D eigenvalue weighted by molar-refractivity contribution is 4.88. The molecule has 2 aliphatic carbocycles. The second-order valence-corrected chi connectivity index (χ2v) is 6.75. The van der Waals surface area contributed by atoms with Crippen LogP contribution in [0.5, 0.6) is 0 Å². The van der Waals surface area contributed by atoms with E-state index in [1.807, 2.05) is 0 Å². The van der Waals surface area contributed by atoms with Gasteiger partial charge in [0.25, 0.3) is 0 Å².